The van der Waals surface area contributed by atoms with Crippen LogP contribution in [0.4, 0.5) is 0 Å². The first kappa shape index (κ1) is 14.4. The number of carbonyl (C=O) groups excluding carboxylic acids is 1. The topological polar surface area (TPSA) is 63.0 Å². The van der Waals surface area contributed by atoms with Crippen LogP contribution in [0.5, 0.6) is 5.88 Å². The lowest BCUT2D eigenvalue weighted by Gasteiger charge is -2.22. The molecule has 0 radical (unpaired) electrons. The molecule has 4 heteroatoms. The summed E-state index contributed by atoms with van der Waals surface area (Å²) >= 11 is 0. The van der Waals surface area contributed by atoms with E-state index in [1.165, 1.54) is 0 Å². The molecule has 0 unspecified atom stereocenters. The molecule has 0 bridgehead atoms. The van der Waals surface area contributed by atoms with E-state index in [-0.39, 0.29) is 5.78 Å². The number of pyridine rings is 1. The molecule has 1 aliphatic rings. The maximum atomic E-state index is 12.9. The highest BCUT2D eigenvalue weighted by atomic mass is 16.5. The van der Waals surface area contributed by atoms with E-state index in [1.54, 1.807) is 6.07 Å². The van der Waals surface area contributed by atoms with Crippen molar-refractivity contribution in [2.24, 2.45) is 0 Å². The summed E-state index contributed by atoms with van der Waals surface area (Å²) in [5, 5.41) is 10.5. The lowest BCUT2D eigenvalue weighted by molar-refractivity contribution is 0.104. The van der Waals surface area contributed by atoms with E-state index < -0.39 is 0 Å². The lowest BCUT2D eigenvalue weighted by Crippen LogP contribution is -2.13. The molecule has 116 valence electrons. The fraction of sp³-hybridized carbons (Fsp3) is 0.150. The van der Waals surface area contributed by atoms with Gasteiger partial charge in [0.1, 0.15) is 11.6 Å². The van der Waals surface area contributed by atoms with Gasteiger partial charge in [0.15, 0.2) is 5.78 Å². The number of nitriles is 1. The first-order chi connectivity index (χ1) is 11.7. The van der Waals surface area contributed by atoms with Crippen LogP contribution in [-0.2, 0) is 0 Å². The average Bonchev–Trinajstić information content (AvgIpc) is 2.59. The van der Waals surface area contributed by atoms with Crippen molar-refractivity contribution < 1.29 is 9.53 Å². The minimum Gasteiger partial charge on any atom is -0.477 e. The van der Waals surface area contributed by atoms with E-state index in [4.69, 9.17) is 4.74 Å². The predicted octanol–water partition coefficient (Wildman–Crippen LogP) is 4.03. The highest BCUT2D eigenvalue weighted by Crippen LogP contribution is 2.43. The van der Waals surface area contributed by atoms with Crippen molar-refractivity contribution in [1.29, 1.82) is 5.26 Å². The number of carbonyl (C=O) groups is 1. The van der Waals surface area contributed by atoms with Gasteiger partial charge in [-0.25, -0.2) is 4.98 Å². The second kappa shape index (κ2) is 5.17. The molecule has 24 heavy (non-hydrogen) atoms. The Labute approximate surface area is 139 Å². The Bertz CT molecular complexity index is 1060. The van der Waals surface area contributed by atoms with Gasteiger partial charge in [0.25, 0.3) is 0 Å². The number of aromatic nitrogens is 1. The molecule has 0 aliphatic heterocycles. The number of nitrogens with zero attached hydrogens (tertiary/aromatic N) is 2. The molecule has 3 aromatic rings. The largest absolute Gasteiger partial charge is 0.477 e. The van der Waals surface area contributed by atoms with Gasteiger partial charge in [0.2, 0.25) is 5.88 Å². The van der Waals surface area contributed by atoms with Gasteiger partial charge in [0.05, 0.1) is 12.1 Å². The van der Waals surface area contributed by atoms with Gasteiger partial charge in [-0.2, -0.15) is 5.26 Å². The molecule has 0 spiro atoms. The number of rotatable bonds is 2. The summed E-state index contributed by atoms with van der Waals surface area (Å²) < 4.78 is 5.61. The van der Waals surface area contributed by atoms with Gasteiger partial charge in [-0.1, -0.05) is 24.3 Å². The number of hydrogen-bond acceptors (Lipinski definition) is 4. The normalized spacial score (nSPS) is 12.0. The van der Waals surface area contributed by atoms with Crippen molar-refractivity contribution in [3.05, 3.63) is 58.7 Å². The summed E-state index contributed by atoms with van der Waals surface area (Å²) in [7, 11) is 0. The standard InChI is InChI=1S/C20H14N2O2/c1-3-24-20-15(10-21)17-12-6-4-5-7-13(12)19(23)14-8-11(2)9-16(22-20)18(14)17/h4-9H,3H2,1-2H3. The molecule has 1 aromatic heterocycles. The number of fused-ring (bicyclic) bond motifs is 2. The van der Waals surface area contributed by atoms with Crippen molar-refractivity contribution in [2.75, 3.05) is 6.61 Å². The van der Waals surface area contributed by atoms with Gasteiger partial charge in [0, 0.05) is 22.1 Å². The minimum absolute atomic E-state index is 0.0263. The van der Waals surface area contributed by atoms with Gasteiger partial charge in [-0.3, -0.25) is 4.79 Å². The van der Waals surface area contributed by atoms with Crippen LogP contribution in [0.3, 0.4) is 0 Å². The van der Waals surface area contributed by atoms with Crippen LogP contribution >= 0.6 is 0 Å². The Morgan fingerprint density at radius 1 is 1.17 bits per heavy atom. The van der Waals surface area contributed by atoms with Crippen molar-refractivity contribution >= 4 is 16.7 Å². The molecule has 0 atom stereocenters. The zero-order chi connectivity index (χ0) is 16.8. The molecular weight excluding hydrogens is 300 g/mol. The molecule has 4 rings (SSSR count). The van der Waals surface area contributed by atoms with Crippen LogP contribution in [0.2, 0.25) is 0 Å². The number of benzene rings is 2. The van der Waals surface area contributed by atoms with Crippen LogP contribution in [-0.4, -0.2) is 17.4 Å². The number of ketones is 1. The van der Waals surface area contributed by atoms with Crippen LogP contribution in [0.15, 0.2) is 36.4 Å². The molecule has 2 aromatic carbocycles. The Hall–Kier alpha value is -3.19. The van der Waals surface area contributed by atoms with Crippen LogP contribution < -0.4 is 4.74 Å². The molecule has 4 nitrogen and oxygen atoms in total. The van der Waals surface area contributed by atoms with Crippen molar-refractivity contribution in [3.63, 3.8) is 0 Å². The Balaban J connectivity index is 2.26. The summed E-state index contributed by atoms with van der Waals surface area (Å²) in [4.78, 5) is 17.4. The third kappa shape index (κ3) is 1.85. The number of ether oxygens (including phenoxy) is 1. The maximum Gasteiger partial charge on any atom is 0.232 e. The van der Waals surface area contributed by atoms with Gasteiger partial charge in [-0.15, -0.1) is 0 Å². The first-order valence-electron chi connectivity index (χ1n) is 7.81. The van der Waals surface area contributed by atoms with E-state index in [1.807, 2.05) is 44.2 Å². The third-order valence-electron chi connectivity index (χ3n) is 4.28. The summed E-state index contributed by atoms with van der Waals surface area (Å²) in [6.45, 7) is 4.22. The lowest BCUT2D eigenvalue weighted by atomic mass is 9.81. The first-order valence-corrected chi connectivity index (χ1v) is 7.81. The highest BCUT2D eigenvalue weighted by molar-refractivity contribution is 6.26. The zero-order valence-corrected chi connectivity index (χ0v) is 13.4. The van der Waals surface area contributed by atoms with Crippen molar-refractivity contribution in [3.8, 4) is 23.1 Å². The van der Waals surface area contributed by atoms with Crippen LogP contribution in [0.25, 0.3) is 22.0 Å². The molecule has 0 saturated heterocycles. The van der Waals surface area contributed by atoms with Crippen molar-refractivity contribution in [1.82, 2.24) is 4.98 Å². The van der Waals surface area contributed by atoms with E-state index in [2.05, 4.69) is 11.1 Å². The fourth-order valence-electron chi connectivity index (χ4n) is 3.35. The molecule has 0 saturated carbocycles. The SMILES string of the molecule is CCOc1nc2cc(C)cc3c2c(c1C#N)-c1ccccc1C3=O. The highest BCUT2D eigenvalue weighted by Gasteiger charge is 2.30. The molecule has 0 amide bonds. The molecule has 1 heterocycles. The van der Waals surface area contributed by atoms with E-state index in [0.29, 0.717) is 34.7 Å². The smallest absolute Gasteiger partial charge is 0.232 e. The van der Waals surface area contributed by atoms with Crippen molar-refractivity contribution in [2.45, 2.75) is 13.8 Å². The summed E-state index contributed by atoms with van der Waals surface area (Å²) in [6.07, 6.45) is 0. The Kier molecular flexibility index (Phi) is 3.10. The quantitative estimate of drug-likeness (QED) is 0.560. The zero-order valence-electron chi connectivity index (χ0n) is 13.4. The molecular formula is C20H14N2O2. The van der Waals surface area contributed by atoms with Gasteiger partial charge < -0.3 is 4.74 Å². The Morgan fingerprint density at radius 3 is 2.62 bits per heavy atom. The molecule has 0 N–H and O–H groups in total. The minimum atomic E-state index is -0.0263. The summed E-state index contributed by atoms with van der Waals surface area (Å²) in [6, 6.07) is 13.4. The second-order valence-electron chi connectivity index (χ2n) is 5.79. The predicted molar refractivity (Wildman–Crippen MR) is 91.2 cm³/mol. The average molecular weight is 314 g/mol. The Morgan fingerprint density at radius 2 is 1.92 bits per heavy atom. The summed E-state index contributed by atoms with van der Waals surface area (Å²) in [5.74, 6) is 0.296. The van der Waals surface area contributed by atoms with E-state index >= 15 is 0 Å². The molecule has 0 fully saturated rings. The van der Waals surface area contributed by atoms with E-state index in [0.717, 1.165) is 22.1 Å². The van der Waals surface area contributed by atoms with Crippen LogP contribution in [0, 0.1) is 18.3 Å². The van der Waals surface area contributed by atoms with Crippen LogP contribution in [0.1, 0.15) is 34.0 Å². The number of aryl methyl sites for hydroxylation is 1. The number of hydrogen-bond donors (Lipinski definition) is 0. The maximum absolute atomic E-state index is 12.9. The van der Waals surface area contributed by atoms with E-state index in [9.17, 15) is 10.1 Å². The third-order valence-corrected chi connectivity index (χ3v) is 4.28. The summed E-state index contributed by atoms with van der Waals surface area (Å²) in [5.41, 5.74) is 4.75. The van der Waals surface area contributed by atoms with Gasteiger partial charge in [-0.05, 0) is 37.1 Å². The monoisotopic (exact) mass is 314 g/mol. The molecule has 1 aliphatic carbocycles. The second-order valence-corrected chi connectivity index (χ2v) is 5.79. The van der Waals surface area contributed by atoms with Gasteiger partial charge >= 0.3 is 0 Å². The fourth-order valence-corrected chi connectivity index (χ4v) is 3.35.